The van der Waals surface area contributed by atoms with Gasteiger partial charge in [0.05, 0.1) is 24.9 Å². The van der Waals surface area contributed by atoms with Crippen LogP contribution in [-0.2, 0) is 22.6 Å². The van der Waals surface area contributed by atoms with Gasteiger partial charge in [-0.15, -0.1) is 0 Å². The van der Waals surface area contributed by atoms with Crippen LogP contribution in [0.3, 0.4) is 0 Å². The van der Waals surface area contributed by atoms with E-state index in [-0.39, 0.29) is 36.7 Å². The number of aromatic nitrogens is 1. The van der Waals surface area contributed by atoms with Crippen LogP contribution in [0.15, 0.2) is 27.3 Å². The minimum absolute atomic E-state index is 0.0244. The van der Waals surface area contributed by atoms with Gasteiger partial charge in [-0.1, -0.05) is 18.5 Å². The lowest BCUT2D eigenvalue weighted by Crippen LogP contribution is -2.56. The Kier molecular flexibility index (Phi) is 6.08. The lowest BCUT2D eigenvalue weighted by atomic mass is 9.74. The molecule has 0 unspecified atom stereocenters. The predicted molar refractivity (Wildman–Crippen MR) is 114 cm³/mol. The lowest BCUT2D eigenvalue weighted by molar-refractivity contribution is -0.136. The van der Waals surface area contributed by atoms with E-state index < -0.39 is 5.54 Å². The smallest absolute Gasteiger partial charge is 0.325 e. The summed E-state index contributed by atoms with van der Waals surface area (Å²) in [5, 5.41) is 6.94. The van der Waals surface area contributed by atoms with Crippen LogP contribution in [0.1, 0.15) is 55.4 Å². The summed E-state index contributed by atoms with van der Waals surface area (Å²) < 4.78 is 10.5. The summed E-state index contributed by atoms with van der Waals surface area (Å²) in [4.78, 5) is 42.1. The number of amides is 4. The van der Waals surface area contributed by atoms with Gasteiger partial charge in [-0.05, 0) is 51.2 Å². The molecule has 4 rings (SSSR count). The first-order valence-electron chi connectivity index (χ1n) is 11.2. The number of nitrogens with one attached hydrogen (secondary N) is 1. The van der Waals surface area contributed by atoms with Crippen molar-refractivity contribution in [3.05, 3.63) is 41.2 Å². The van der Waals surface area contributed by atoms with Gasteiger partial charge in [0.2, 0.25) is 5.91 Å². The van der Waals surface area contributed by atoms with Crippen molar-refractivity contribution in [1.29, 1.82) is 0 Å². The van der Waals surface area contributed by atoms with Gasteiger partial charge in [0.1, 0.15) is 17.1 Å². The molecule has 2 aromatic rings. The molecule has 2 saturated heterocycles. The first-order valence-corrected chi connectivity index (χ1v) is 11.2. The van der Waals surface area contributed by atoms with Crippen LogP contribution in [0.5, 0.6) is 0 Å². The molecular weight excluding hydrogens is 412 g/mol. The lowest BCUT2D eigenvalue weighted by Gasteiger charge is -2.41. The molecule has 0 spiro atoms. The molecule has 4 amide bonds. The summed E-state index contributed by atoms with van der Waals surface area (Å²) >= 11 is 0. The van der Waals surface area contributed by atoms with Crippen LogP contribution in [0.25, 0.3) is 0 Å². The normalized spacial score (nSPS) is 22.0. The van der Waals surface area contributed by atoms with Gasteiger partial charge in [-0.3, -0.25) is 14.5 Å². The first-order chi connectivity index (χ1) is 15.4. The maximum absolute atomic E-state index is 13.5. The van der Waals surface area contributed by atoms with E-state index in [2.05, 4.69) is 10.5 Å². The number of furan rings is 1. The van der Waals surface area contributed by atoms with Crippen molar-refractivity contribution in [3.63, 3.8) is 0 Å². The molecule has 0 aliphatic carbocycles. The van der Waals surface area contributed by atoms with E-state index in [0.29, 0.717) is 43.9 Å². The average Bonchev–Trinajstić information content (AvgIpc) is 3.47. The number of urea groups is 1. The quantitative estimate of drug-likeness (QED) is 0.661. The summed E-state index contributed by atoms with van der Waals surface area (Å²) in [6.07, 6.45) is 4.46. The Bertz CT molecular complexity index is 971. The van der Waals surface area contributed by atoms with E-state index >= 15 is 0 Å². The second-order valence-electron chi connectivity index (χ2n) is 8.76. The molecule has 4 heterocycles. The third-order valence-electron chi connectivity index (χ3n) is 6.79. The average molecular weight is 443 g/mol. The summed E-state index contributed by atoms with van der Waals surface area (Å²) in [6, 6.07) is 3.11. The van der Waals surface area contributed by atoms with Crippen LogP contribution in [0, 0.1) is 19.8 Å². The highest BCUT2D eigenvalue weighted by atomic mass is 16.5. The predicted octanol–water partition coefficient (Wildman–Crippen LogP) is 2.96. The Morgan fingerprint density at radius 2 is 2.03 bits per heavy atom. The van der Waals surface area contributed by atoms with E-state index in [1.54, 1.807) is 12.1 Å². The summed E-state index contributed by atoms with van der Waals surface area (Å²) in [5.74, 6) is 1.05. The zero-order valence-electron chi connectivity index (χ0n) is 18.8. The second-order valence-corrected chi connectivity index (χ2v) is 8.76. The monoisotopic (exact) mass is 442 g/mol. The SMILES string of the molecule is CCC[C@]1(C2CCN(C(=O)Cc3c(C)noc3C)CC2)NC(=O)N(Cc2ccco2)C1=O. The van der Waals surface area contributed by atoms with Crippen molar-refractivity contribution in [2.75, 3.05) is 13.1 Å². The zero-order chi connectivity index (χ0) is 22.9. The van der Waals surface area contributed by atoms with Gasteiger partial charge in [0.25, 0.3) is 5.91 Å². The maximum Gasteiger partial charge on any atom is 0.325 e. The first kappa shape index (κ1) is 22.1. The molecule has 2 aromatic heterocycles. The Hall–Kier alpha value is -3.10. The second kappa shape index (κ2) is 8.80. The number of imide groups is 1. The molecule has 0 aromatic carbocycles. The molecule has 0 radical (unpaired) electrons. The van der Waals surface area contributed by atoms with E-state index in [1.807, 2.05) is 25.7 Å². The highest BCUT2D eigenvalue weighted by molar-refractivity contribution is 6.07. The Morgan fingerprint density at radius 3 is 2.62 bits per heavy atom. The number of nitrogens with zero attached hydrogens (tertiary/aromatic N) is 3. The van der Waals surface area contributed by atoms with E-state index in [0.717, 1.165) is 17.7 Å². The van der Waals surface area contributed by atoms with Gasteiger partial charge in [-0.2, -0.15) is 0 Å². The standard InChI is InChI=1S/C23H30N4O5/c1-4-9-23(21(29)27(22(30)24-23)14-18-6-5-12-31-18)17-7-10-26(11-8-17)20(28)13-19-15(2)25-32-16(19)3/h5-6,12,17H,4,7-11,13-14H2,1-3H3,(H,24,30)/t23-/m1/s1. The van der Waals surface area contributed by atoms with E-state index in [1.165, 1.54) is 11.2 Å². The van der Waals surface area contributed by atoms with Crippen LogP contribution < -0.4 is 5.32 Å². The van der Waals surface area contributed by atoms with E-state index in [9.17, 15) is 14.4 Å². The number of aryl methyl sites for hydroxylation is 2. The van der Waals surface area contributed by atoms with Crippen LogP contribution in [0.4, 0.5) is 4.79 Å². The number of piperidine rings is 1. The third-order valence-corrected chi connectivity index (χ3v) is 6.79. The van der Waals surface area contributed by atoms with Crippen LogP contribution >= 0.6 is 0 Å². The maximum atomic E-state index is 13.5. The van der Waals surface area contributed by atoms with Crippen molar-refractivity contribution >= 4 is 17.8 Å². The number of likely N-dealkylation sites (tertiary alicyclic amines) is 1. The van der Waals surface area contributed by atoms with Gasteiger partial charge < -0.3 is 19.2 Å². The summed E-state index contributed by atoms with van der Waals surface area (Å²) in [6.45, 7) is 6.89. The van der Waals surface area contributed by atoms with Gasteiger partial charge in [0, 0.05) is 18.7 Å². The van der Waals surface area contributed by atoms with Crippen molar-refractivity contribution in [2.24, 2.45) is 5.92 Å². The molecule has 32 heavy (non-hydrogen) atoms. The zero-order valence-corrected chi connectivity index (χ0v) is 18.8. The molecule has 0 bridgehead atoms. The van der Waals surface area contributed by atoms with Crippen molar-refractivity contribution < 1.29 is 23.3 Å². The molecule has 2 aliphatic rings. The van der Waals surface area contributed by atoms with Crippen molar-refractivity contribution in [2.45, 2.75) is 65.0 Å². The Morgan fingerprint density at radius 1 is 1.28 bits per heavy atom. The molecule has 1 N–H and O–H groups in total. The molecule has 2 aliphatic heterocycles. The highest BCUT2D eigenvalue weighted by Crippen LogP contribution is 2.37. The van der Waals surface area contributed by atoms with Gasteiger partial charge >= 0.3 is 6.03 Å². The molecular formula is C23H30N4O5. The number of hydrogen-bond donors (Lipinski definition) is 1. The molecule has 172 valence electrons. The van der Waals surface area contributed by atoms with E-state index in [4.69, 9.17) is 8.94 Å². The fourth-order valence-electron chi connectivity index (χ4n) is 5.03. The van der Waals surface area contributed by atoms with Crippen LogP contribution in [0.2, 0.25) is 0 Å². The molecule has 0 saturated carbocycles. The van der Waals surface area contributed by atoms with Gasteiger partial charge in [0.15, 0.2) is 0 Å². The van der Waals surface area contributed by atoms with Crippen molar-refractivity contribution in [3.8, 4) is 0 Å². The van der Waals surface area contributed by atoms with Gasteiger partial charge in [-0.25, -0.2) is 4.79 Å². The number of rotatable bonds is 7. The highest BCUT2D eigenvalue weighted by Gasteiger charge is 2.55. The minimum atomic E-state index is -0.921. The largest absolute Gasteiger partial charge is 0.467 e. The summed E-state index contributed by atoms with van der Waals surface area (Å²) in [5.41, 5.74) is 0.657. The molecule has 1 atom stereocenters. The number of hydrogen-bond acceptors (Lipinski definition) is 6. The number of carbonyl (C=O) groups is 3. The fourth-order valence-corrected chi connectivity index (χ4v) is 5.03. The molecule has 9 nitrogen and oxygen atoms in total. The fraction of sp³-hybridized carbons (Fsp3) is 0.565. The third kappa shape index (κ3) is 3.91. The minimum Gasteiger partial charge on any atom is -0.467 e. The topological polar surface area (TPSA) is 109 Å². The van der Waals surface area contributed by atoms with Crippen LogP contribution in [-0.4, -0.2) is 51.4 Å². The molecule has 2 fully saturated rings. The Balaban J connectivity index is 1.44. The Labute approximate surface area is 187 Å². The molecule has 9 heteroatoms. The number of carbonyl (C=O) groups excluding carboxylic acids is 3. The van der Waals surface area contributed by atoms with Crippen molar-refractivity contribution in [1.82, 2.24) is 20.3 Å². The summed E-state index contributed by atoms with van der Waals surface area (Å²) in [7, 11) is 0.